The Morgan fingerprint density at radius 2 is 2.06 bits per heavy atom. The molecule has 0 unspecified atom stereocenters. The highest BCUT2D eigenvalue weighted by Gasteiger charge is 2.01. The molecule has 102 valence electrons. The summed E-state index contributed by atoms with van der Waals surface area (Å²) in [7, 11) is 3.31. The van der Waals surface area contributed by atoms with Gasteiger partial charge in [0, 0.05) is 32.8 Å². The van der Waals surface area contributed by atoms with Crippen LogP contribution in [-0.4, -0.2) is 33.3 Å². The second kappa shape index (κ2) is 10.1. The van der Waals surface area contributed by atoms with E-state index in [0.29, 0.717) is 31.2 Å². The lowest BCUT2D eigenvalue weighted by Gasteiger charge is -2.11. The highest BCUT2D eigenvalue weighted by molar-refractivity contribution is 14.0. The third-order valence-corrected chi connectivity index (χ3v) is 2.23. The number of hydrogen-bond donors (Lipinski definition) is 2. The number of nitrogens with one attached hydrogen (secondary N) is 2. The van der Waals surface area contributed by atoms with Gasteiger partial charge in [-0.05, 0) is 6.07 Å². The number of methoxy groups -OCH3 is 1. The van der Waals surface area contributed by atoms with Crippen molar-refractivity contribution in [2.45, 2.75) is 6.54 Å². The van der Waals surface area contributed by atoms with Crippen LogP contribution in [0, 0.1) is 5.82 Å². The fraction of sp³-hybridized carbons (Fsp3) is 0.417. The van der Waals surface area contributed by atoms with E-state index in [1.165, 1.54) is 6.07 Å². The first-order chi connectivity index (χ1) is 8.27. The zero-order valence-corrected chi connectivity index (χ0v) is 12.9. The normalized spacial score (nSPS) is 10.7. The Kier molecular flexibility index (Phi) is 9.57. The minimum atomic E-state index is -0.215. The number of aliphatic imine (C=N–C) groups is 1. The number of guanidine groups is 1. The predicted molar refractivity (Wildman–Crippen MR) is 81.9 cm³/mol. The van der Waals surface area contributed by atoms with E-state index < -0.39 is 0 Å². The summed E-state index contributed by atoms with van der Waals surface area (Å²) in [4.78, 5) is 4.02. The Morgan fingerprint density at radius 1 is 1.33 bits per heavy atom. The molecule has 0 amide bonds. The quantitative estimate of drug-likeness (QED) is 0.361. The molecule has 1 aromatic rings. The maximum atomic E-state index is 13.3. The van der Waals surface area contributed by atoms with Crippen LogP contribution in [0.5, 0.6) is 0 Å². The van der Waals surface area contributed by atoms with Crippen LogP contribution in [0.1, 0.15) is 5.56 Å². The predicted octanol–water partition coefficient (Wildman–Crippen LogP) is 1.76. The molecule has 0 radical (unpaired) electrons. The molecule has 0 heterocycles. The molecular formula is C12H19FIN3O. The van der Waals surface area contributed by atoms with E-state index in [1.54, 1.807) is 32.4 Å². The van der Waals surface area contributed by atoms with Crippen molar-refractivity contribution >= 4 is 29.9 Å². The summed E-state index contributed by atoms with van der Waals surface area (Å²) in [6, 6.07) is 6.66. The van der Waals surface area contributed by atoms with Crippen molar-refractivity contribution in [2.24, 2.45) is 4.99 Å². The molecule has 4 nitrogen and oxygen atoms in total. The van der Waals surface area contributed by atoms with E-state index in [4.69, 9.17) is 4.74 Å². The molecule has 0 aliphatic carbocycles. The van der Waals surface area contributed by atoms with Crippen LogP contribution < -0.4 is 10.6 Å². The second-order valence-corrected chi connectivity index (χ2v) is 3.44. The van der Waals surface area contributed by atoms with Gasteiger partial charge in [-0.3, -0.25) is 4.99 Å². The van der Waals surface area contributed by atoms with Gasteiger partial charge < -0.3 is 15.4 Å². The highest BCUT2D eigenvalue weighted by Crippen LogP contribution is 2.05. The lowest BCUT2D eigenvalue weighted by molar-refractivity contribution is 0.203. The fourth-order valence-corrected chi connectivity index (χ4v) is 1.31. The van der Waals surface area contributed by atoms with Crippen LogP contribution in [0.2, 0.25) is 0 Å². The minimum Gasteiger partial charge on any atom is -0.383 e. The van der Waals surface area contributed by atoms with Gasteiger partial charge in [0.1, 0.15) is 5.82 Å². The lowest BCUT2D eigenvalue weighted by Crippen LogP contribution is -2.38. The first-order valence-corrected chi connectivity index (χ1v) is 5.44. The molecule has 0 atom stereocenters. The third-order valence-electron chi connectivity index (χ3n) is 2.23. The third kappa shape index (κ3) is 6.15. The van der Waals surface area contributed by atoms with Gasteiger partial charge in [-0.1, -0.05) is 18.2 Å². The molecule has 0 saturated heterocycles. The van der Waals surface area contributed by atoms with Crippen molar-refractivity contribution in [1.82, 2.24) is 10.6 Å². The Hall–Kier alpha value is -0.890. The number of benzene rings is 1. The molecule has 18 heavy (non-hydrogen) atoms. The van der Waals surface area contributed by atoms with Gasteiger partial charge in [0.25, 0.3) is 0 Å². The van der Waals surface area contributed by atoms with Crippen molar-refractivity contribution in [3.8, 4) is 0 Å². The Balaban J connectivity index is 0.00000289. The first-order valence-electron chi connectivity index (χ1n) is 5.44. The molecule has 1 rings (SSSR count). The van der Waals surface area contributed by atoms with Crippen molar-refractivity contribution in [2.75, 3.05) is 27.3 Å². The summed E-state index contributed by atoms with van der Waals surface area (Å²) < 4.78 is 18.2. The molecule has 0 fully saturated rings. The van der Waals surface area contributed by atoms with Gasteiger partial charge in [-0.2, -0.15) is 0 Å². The van der Waals surface area contributed by atoms with Gasteiger partial charge in [-0.25, -0.2) is 4.39 Å². The molecule has 6 heteroatoms. The van der Waals surface area contributed by atoms with E-state index >= 15 is 0 Å². The van der Waals surface area contributed by atoms with E-state index in [-0.39, 0.29) is 29.8 Å². The molecular weight excluding hydrogens is 348 g/mol. The Morgan fingerprint density at radius 3 is 2.67 bits per heavy atom. The van der Waals surface area contributed by atoms with Crippen LogP contribution in [0.25, 0.3) is 0 Å². The number of nitrogens with zero attached hydrogens (tertiary/aromatic N) is 1. The van der Waals surface area contributed by atoms with Crippen LogP contribution in [0.15, 0.2) is 29.3 Å². The molecule has 0 saturated carbocycles. The summed E-state index contributed by atoms with van der Waals surface area (Å²) in [6.45, 7) is 1.66. The maximum Gasteiger partial charge on any atom is 0.191 e. The number of halogens is 2. The Labute approximate surface area is 124 Å². The number of rotatable bonds is 5. The van der Waals surface area contributed by atoms with Gasteiger partial charge in [-0.15, -0.1) is 24.0 Å². The lowest BCUT2D eigenvalue weighted by atomic mass is 10.2. The SMILES string of the molecule is CN=C(NCCOC)NCc1ccccc1F.I. The average Bonchev–Trinajstić information content (AvgIpc) is 2.35. The molecule has 0 aliphatic rings. The molecule has 0 aliphatic heterocycles. The molecule has 1 aromatic carbocycles. The van der Waals surface area contributed by atoms with Crippen molar-refractivity contribution in [3.05, 3.63) is 35.6 Å². The van der Waals surface area contributed by atoms with E-state index in [2.05, 4.69) is 15.6 Å². The van der Waals surface area contributed by atoms with Crippen LogP contribution in [0.4, 0.5) is 4.39 Å². The van der Waals surface area contributed by atoms with Crippen molar-refractivity contribution < 1.29 is 9.13 Å². The van der Waals surface area contributed by atoms with Gasteiger partial charge in [0.15, 0.2) is 5.96 Å². The average molecular weight is 367 g/mol. The van der Waals surface area contributed by atoms with Crippen molar-refractivity contribution in [3.63, 3.8) is 0 Å². The minimum absolute atomic E-state index is 0. The van der Waals surface area contributed by atoms with Crippen LogP contribution in [-0.2, 0) is 11.3 Å². The van der Waals surface area contributed by atoms with Crippen LogP contribution in [0.3, 0.4) is 0 Å². The summed E-state index contributed by atoms with van der Waals surface area (Å²) >= 11 is 0. The monoisotopic (exact) mass is 367 g/mol. The van der Waals surface area contributed by atoms with Gasteiger partial charge in [0.05, 0.1) is 6.61 Å². The Bertz CT molecular complexity index is 374. The smallest absolute Gasteiger partial charge is 0.191 e. The van der Waals surface area contributed by atoms with Crippen LogP contribution >= 0.6 is 24.0 Å². The van der Waals surface area contributed by atoms with E-state index in [9.17, 15) is 4.39 Å². The van der Waals surface area contributed by atoms with Gasteiger partial charge >= 0.3 is 0 Å². The zero-order valence-electron chi connectivity index (χ0n) is 10.6. The fourth-order valence-electron chi connectivity index (χ4n) is 1.31. The zero-order chi connectivity index (χ0) is 12.5. The summed E-state index contributed by atoms with van der Waals surface area (Å²) in [5.41, 5.74) is 0.613. The standard InChI is InChI=1S/C12H18FN3O.HI/c1-14-12(15-7-8-17-2)16-9-10-5-3-4-6-11(10)13;/h3-6H,7-9H2,1-2H3,(H2,14,15,16);1H. The summed E-state index contributed by atoms with van der Waals surface area (Å²) in [5.74, 6) is 0.414. The molecule has 2 N–H and O–H groups in total. The maximum absolute atomic E-state index is 13.3. The largest absolute Gasteiger partial charge is 0.383 e. The second-order valence-electron chi connectivity index (χ2n) is 3.44. The molecule has 0 aromatic heterocycles. The first kappa shape index (κ1) is 17.1. The van der Waals surface area contributed by atoms with E-state index in [0.717, 1.165) is 0 Å². The number of hydrogen-bond acceptors (Lipinski definition) is 2. The molecule has 0 bridgehead atoms. The van der Waals surface area contributed by atoms with Gasteiger partial charge in [0.2, 0.25) is 0 Å². The van der Waals surface area contributed by atoms with Crippen molar-refractivity contribution in [1.29, 1.82) is 0 Å². The summed E-state index contributed by atoms with van der Waals surface area (Å²) in [6.07, 6.45) is 0. The van der Waals surface area contributed by atoms with E-state index in [1.807, 2.05) is 0 Å². The molecule has 0 spiro atoms. The summed E-state index contributed by atoms with van der Waals surface area (Å²) in [5, 5.41) is 6.08. The highest BCUT2D eigenvalue weighted by atomic mass is 127. The number of ether oxygens (including phenoxy) is 1. The topological polar surface area (TPSA) is 45.7 Å².